The normalized spacial score (nSPS) is 16.8. The number of pyridine rings is 2. The maximum atomic E-state index is 5.86. The summed E-state index contributed by atoms with van der Waals surface area (Å²) in [5, 5.41) is 2.09. The van der Waals surface area contributed by atoms with E-state index in [1.165, 1.54) is 0 Å². The van der Waals surface area contributed by atoms with Gasteiger partial charge in [0.15, 0.2) is 0 Å². The van der Waals surface area contributed by atoms with Gasteiger partial charge < -0.3 is 28.4 Å². The minimum absolute atomic E-state index is 0.463. The number of rotatable bonds is 0. The second kappa shape index (κ2) is 15.4. The van der Waals surface area contributed by atoms with Crippen molar-refractivity contribution in [3.8, 4) is 34.0 Å². The van der Waals surface area contributed by atoms with Crippen LogP contribution in [-0.4, -0.2) is 76.0 Å². The number of ether oxygens (including phenoxy) is 6. The van der Waals surface area contributed by atoms with Crippen molar-refractivity contribution in [2.45, 2.75) is 0 Å². The SMILES string of the molecule is C1=C\COCCOCCOc2ccc(cc2)-c2ccc3ccc4ccc(nc4c3n2)-c2ccc(cc2)OCCOCCOC/1. The van der Waals surface area contributed by atoms with Crippen molar-refractivity contribution >= 4 is 21.8 Å². The molecule has 0 spiro atoms. The first-order valence-corrected chi connectivity index (χ1v) is 15.0. The van der Waals surface area contributed by atoms with E-state index < -0.39 is 0 Å². The molecule has 0 unspecified atom stereocenters. The minimum Gasteiger partial charge on any atom is -0.491 e. The molecule has 0 amide bonds. The molecule has 8 bridgehead atoms. The first-order chi connectivity index (χ1) is 21.8. The smallest absolute Gasteiger partial charge is 0.119 e. The van der Waals surface area contributed by atoms with Gasteiger partial charge in [0.05, 0.1) is 75.3 Å². The third-order valence-electron chi connectivity index (χ3n) is 7.15. The van der Waals surface area contributed by atoms with Gasteiger partial charge in [0, 0.05) is 21.9 Å². The predicted molar refractivity (Wildman–Crippen MR) is 171 cm³/mol. The van der Waals surface area contributed by atoms with E-state index in [0.29, 0.717) is 66.1 Å². The molecule has 3 aromatic carbocycles. The monoisotopic (exact) mass is 592 g/mol. The molecule has 3 aliphatic rings. The van der Waals surface area contributed by atoms with Crippen molar-refractivity contribution in [3.63, 3.8) is 0 Å². The van der Waals surface area contributed by atoms with Crippen molar-refractivity contribution in [1.29, 1.82) is 0 Å². The summed E-state index contributed by atoms with van der Waals surface area (Å²) in [5.41, 5.74) is 5.52. The molecular weight excluding hydrogens is 556 g/mol. The Kier molecular flexibility index (Phi) is 10.4. The van der Waals surface area contributed by atoms with Crippen molar-refractivity contribution in [2.24, 2.45) is 0 Å². The van der Waals surface area contributed by atoms with E-state index in [2.05, 4.69) is 24.3 Å². The molecule has 8 rings (SSSR count). The largest absolute Gasteiger partial charge is 0.491 e. The fraction of sp³-hybridized carbons (Fsp3) is 0.278. The van der Waals surface area contributed by atoms with Crippen LogP contribution in [0.15, 0.2) is 97.1 Å². The van der Waals surface area contributed by atoms with Crippen LogP contribution in [0.2, 0.25) is 0 Å². The molecule has 0 aliphatic carbocycles. The van der Waals surface area contributed by atoms with Crippen molar-refractivity contribution in [3.05, 3.63) is 97.1 Å². The fourth-order valence-corrected chi connectivity index (χ4v) is 4.85. The molecule has 0 fully saturated rings. The average molecular weight is 593 g/mol. The first kappa shape index (κ1) is 29.7. The summed E-state index contributed by atoms with van der Waals surface area (Å²) >= 11 is 0. The Bertz CT molecular complexity index is 1550. The van der Waals surface area contributed by atoms with Crippen molar-refractivity contribution in [2.75, 3.05) is 66.1 Å². The molecule has 0 atom stereocenters. The highest BCUT2D eigenvalue weighted by Gasteiger charge is 2.09. The van der Waals surface area contributed by atoms with Gasteiger partial charge in [0.2, 0.25) is 0 Å². The summed E-state index contributed by atoms with van der Waals surface area (Å²) < 4.78 is 34.1. The van der Waals surface area contributed by atoms with Gasteiger partial charge >= 0.3 is 0 Å². The van der Waals surface area contributed by atoms with Gasteiger partial charge in [-0.25, -0.2) is 9.97 Å². The molecule has 226 valence electrons. The molecule has 44 heavy (non-hydrogen) atoms. The molecule has 5 heterocycles. The molecule has 8 heteroatoms. The topological polar surface area (TPSA) is 81.2 Å². The fourth-order valence-electron chi connectivity index (χ4n) is 4.85. The summed E-state index contributed by atoms with van der Waals surface area (Å²) in [6.07, 6.45) is 3.88. The standard InChI is InChI=1S/C36H36N2O6/c1-2-18-40-20-22-42-24-26-44-32-13-7-28(8-14-32)34-16-10-30-4-3-29-9-15-33(37-35(29)36(30)38-34)27-5-11-31(12-6-27)43-25-23-41-21-19-39-17-1/h1-16H,17-26H2/b2-1-. The Morgan fingerprint density at radius 3 is 1.23 bits per heavy atom. The summed E-state index contributed by atoms with van der Waals surface area (Å²) in [5.74, 6) is 1.57. The summed E-state index contributed by atoms with van der Waals surface area (Å²) in [6.45, 7) is 5.00. The van der Waals surface area contributed by atoms with Crippen LogP contribution in [0, 0.1) is 0 Å². The number of benzene rings is 3. The Morgan fingerprint density at radius 1 is 0.386 bits per heavy atom. The average Bonchev–Trinajstić information content (AvgIpc) is 3.07. The third-order valence-corrected chi connectivity index (χ3v) is 7.15. The minimum atomic E-state index is 0.463. The highest BCUT2D eigenvalue weighted by Crippen LogP contribution is 2.30. The number of hydrogen-bond acceptors (Lipinski definition) is 8. The van der Waals surface area contributed by atoms with Crippen LogP contribution in [0.1, 0.15) is 0 Å². The Labute approximate surface area is 257 Å². The predicted octanol–water partition coefficient (Wildman–Crippen LogP) is 6.51. The van der Waals surface area contributed by atoms with Crippen LogP contribution in [0.25, 0.3) is 44.3 Å². The molecule has 5 aromatic rings. The highest BCUT2D eigenvalue weighted by atomic mass is 16.5. The second-order valence-electron chi connectivity index (χ2n) is 10.2. The van der Waals surface area contributed by atoms with Gasteiger partial charge in [0.1, 0.15) is 24.7 Å². The van der Waals surface area contributed by atoms with Gasteiger partial charge in [-0.2, -0.15) is 0 Å². The molecule has 2 aromatic heterocycles. The molecular formula is C36H36N2O6. The lowest BCUT2D eigenvalue weighted by Gasteiger charge is -2.10. The van der Waals surface area contributed by atoms with Crippen LogP contribution in [0.4, 0.5) is 0 Å². The van der Waals surface area contributed by atoms with Gasteiger partial charge in [-0.15, -0.1) is 0 Å². The van der Waals surface area contributed by atoms with Crippen molar-refractivity contribution in [1.82, 2.24) is 9.97 Å². The molecule has 8 nitrogen and oxygen atoms in total. The van der Waals surface area contributed by atoms with Crippen LogP contribution in [-0.2, 0) is 18.9 Å². The quantitative estimate of drug-likeness (QED) is 0.149. The lowest BCUT2D eigenvalue weighted by Crippen LogP contribution is -2.11. The van der Waals surface area contributed by atoms with Gasteiger partial charge in [0.25, 0.3) is 0 Å². The lowest BCUT2D eigenvalue weighted by atomic mass is 10.1. The zero-order valence-corrected chi connectivity index (χ0v) is 24.7. The molecule has 0 radical (unpaired) electrons. The molecule has 3 aliphatic heterocycles. The van der Waals surface area contributed by atoms with E-state index in [9.17, 15) is 0 Å². The van der Waals surface area contributed by atoms with Crippen LogP contribution in [0.5, 0.6) is 11.5 Å². The van der Waals surface area contributed by atoms with Crippen LogP contribution >= 0.6 is 0 Å². The number of nitrogens with zero attached hydrogens (tertiary/aromatic N) is 2. The van der Waals surface area contributed by atoms with E-state index in [4.69, 9.17) is 38.4 Å². The Morgan fingerprint density at radius 2 is 0.773 bits per heavy atom. The number of fused-ring (bicyclic) bond motifs is 2. The summed E-state index contributed by atoms with van der Waals surface area (Å²) in [4.78, 5) is 10.1. The van der Waals surface area contributed by atoms with E-state index in [1.54, 1.807) is 0 Å². The van der Waals surface area contributed by atoms with E-state index in [-0.39, 0.29) is 0 Å². The molecule has 0 N–H and O–H groups in total. The lowest BCUT2D eigenvalue weighted by molar-refractivity contribution is 0.0424. The summed E-state index contributed by atoms with van der Waals surface area (Å²) in [6, 6.07) is 28.4. The summed E-state index contributed by atoms with van der Waals surface area (Å²) in [7, 11) is 0. The second-order valence-corrected chi connectivity index (χ2v) is 10.2. The molecule has 0 saturated carbocycles. The van der Waals surface area contributed by atoms with Gasteiger partial charge in [-0.05, 0) is 60.7 Å². The highest BCUT2D eigenvalue weighted by molar-refractivity contribution is 6.04. The molecule has 0 saturated heterocycles. The van der Waals surface area contributed by atoms with Gasteiger partial charge in [-0.3, -0.25) is 0 Å². The third kappa shape index (κ3) is 7.98. The first-order valence-electron chi connectivity index (χ1n) is 15.0. The van der Waals surface area contributed by atoms with Crippen LogP contribution in [0.3, 0.4) is 0 Å². The Balaban J connectivity index is 1.20. The zero-order chi connectivity index (χ0) is 29.8. The van der Waals surface area contributed by atoms with Gasteiger partial charge in [-0.1, -0.05) is 36.4 Å². The van der Waals surface area contributed by atoms with Crippen molar-refractivity contribution < 1.29 is 28.4 Å². The van der Waals surface area contributed by atoms with E-state index in [1.807, 2.05) is 72.8 Å². The maximum absolute atomic E-state index is 5.86. The number of aromatic nitrogens is 2. The van der Waals surface area contributed by atoms with Crippen LogP contribution < -0.4 is 9.47 Å². The zero-order valence-electron chi connectivity index (χ0n) is 24.7. The maximum Gasteiger partial charge on any atom is 0.119 e. The Hall–Kier alpha value is -4.34. The number of hydrogen-bond donors (Lipinski definition) is 0. The van der Waals surface area contributed by atoms with E-state index >= 15 is 0 Å². The van der Waals surface area contributed by atoms with E-state index in [0.717, 1.165) is 55.8 Å².